The molecule has 4 aromatic rings. The van der Waals surface area contributed by atoms with Crippen molar-refractivity contribution < 1.29 is 19.1 Å². The SMILES string of the molecule is CCCCOc1cccc(-c2nn(-c3ccccc3)cc2/C=C2/C(=O)N(CCc3ccc(OC)cc3)C(=O)C(C#N)=C2C)c1. The van der Waals surface area contributed by atoms with Crippen LogP contribution < -0.4 is 9.47 Å². The number of methoxy groups -OCH3 is 1. The van der Waals surface area contributed by atoms with Crippen LogP contribution in [0.2, 0.25) is 0 Å². The van der Waals surface area contributed by atoms with Crippen molar-refractivity contribution in [3.63, 3.8) is 0 Å². The molecule has 1 aliphatic rings. The molecule has 0 saturated carbocycles. The van der Waals surface area contributed by atoms with E-state index >= 15 is 0 Å². The van der Waals surface area contributed by atoms with E-state index in [4.69, 9.17) is 14.6 Å². The molecule has 0 radical (unpaired) electrons. The molecule has 0 aliphatic carbocycles. The number of rotatable bonds is 11. The lowest BCUT2D eigenvalue weighted by atomic mass is 9.93. The van der Waals surface area contributed by atoms with Gasteiger partial charge in [-0.2, -0.15) is 10.4 Å². The number of unbranched alkanes of at least 4 members (excludes halogenated alkanes) is 1. The molecule has 1 aromatic heterocycles. The number of para-hydroxylation sites is 1. The summed E-state index contributed by atoms with van der Waals surface area (Å²) < 4.78 is 12.9. The van der Waals surface area contributed by atoms with Crippen LogP contribution in [0.4, 0.5) is 0 Å². The maximum atomic E-state index is 13.9. The molecular formula is C36H34N4O4. The summed E-state index contributed by atoms with van der Waals surface area (Å²) in [4.78, 5) is 28.3. The van der Waals surface area contributed by atoms with E-state index in [-0.39, 0.29) is 17.7 Å². The first kappa shape index (κ1) is 30.1. The second-order valence-electron chi connectivity index (χ2n) is 10.5. The average Bonchev–Trinajstić information content (AvgIpc) is 3.48. The molecule has 0 unspecified atom stereocenters. The second-order valence-corrected chi connectivity index (χ2v) is 10.5. The number of ether oxygens (including phenoxy) is 2. The summed E-state index contributed by atoms with van der Waals surface area (Å²) in [6.45, 7) is 4.51. The first-order chi connectivity index (χ1) is 21.4. The van der Waals surface area contributed by atoms with Gasteiger partial charge in [0.1, 0.15) is 28.8 Å². The monoisotopic (exact) mass is 586 g/mol. The minimum atomic E-state index is -0.585. The lowest BCUT2D eigenvalue weighted by molar-refractivity contribution is -0.140. The van der Waals surface area contributed by atoms with Crippen LogP contribution in [-0.4, -0.2) is 46.8 Å². The van der Waals surface area contributed by atoms with E-state index in [1.807, 2.05) is 91.1 Å². The minimum Gasteiger partial charge on any atom is -0.497 e. The molecule has 0 saturated heterocycles. The van der Waals surface area contributed by atoms with Crippen LogP contribution in [0.3, 0.4) is 0 Å². The van der Waals surface area contributed by atoms with Crippen LogP contribution in [0.15, 0.2) is 102 Å². The highest BCUT2D eigenvalue weighted by molar-refractivity contribution is 6.19. The van der Waals surface area contributed by atoms with E-state index in [0.29, 0.717) is 29.9 Å². The highest BCUT2D eigenvalue weighted by Gasteiger charge is 2.35. The maximum absolute atomic E-state index is 13.9. The van der Waals surface area contributed by atoms with Gasteiger partial charge in [0.2, 0.25) is 0 Å². The predicted octanol–water partition coefficient (Wildman–Crippen LogP) is 6.56. The lowest BCUT2D eigenvalue weighted by Crippen LogP contribution is -2.43. The Balaban J connectivity index is 1.55. The number of carbonyl (C=O) groups excluding carboxylic acids is 2. The van der Waals surface area contributed by atoms with E-state index in [1.165, 1.54) is 0 Å². The molecule has 0 atom stereocenters. The fourth-order valence-electron chi connectivity index (χ4n) is 5.02. The largest absolute Gasteiger partial charge is 0.497 e. The highest BCUT2D eigenvalue weighted by Crippen LogP contribution is 2.32. The average molecular weight is 587 g/mol. The van der Waals surface area contributed by atoms with Gasteiger partial charge in [0.25, 0.3) is 11.8 Å². The van der Waals surface area contributed by atoms with E-state index in [0.717, 1.165) is 46.1 Å². The van der Waals surface area contributed by atoms with Crippen molar-refractivity contribution >= 4 is 17.9 Å². The van der Waals surface area contributed by atoms with Gasteiger partial charge >= 0.3 is 0 Å². The molecule has 0 N–H and O–H groups in total. The number of aromatic nitrogens is 2. The van der Waals surface area contributed by atoms with Crippen molar-refractivity contribution in [3.8, 4) is 34.5 Å². The molecule has 8 heteroatoms. The molecule has 222 valence electrons. The Morgan fingerprint density at radius 3 is 2.43 bits per heavy atom. The molecule has 8 nitrogen and oxygen atoms in total. The lowest BCUT2D eigenvalue weighted by Gasteiger charge is -2.27. The standard InChI is InChI=1S/C36H34N4O4/c1-4-5-20-44-31-13-9-10-27(21-31)34-28(24-40(38-34)29-11-7-6-8-12-29)22-32-25(2)33(23-37)36(42)39(35(32)41)19-18-26-14-16-30(43-3)17-15-26/h6-17,21-22,24H,4-5,18-20H2,1-3H3/b32-22+. The molecule has 2 heterocycles. The smallest absolute Gasteiger partial charge is 0.271 e. The van der Waals surface area contributed by atoms with Crippen molar-refractivity contribution in [3.05, 3.63) is 113 Å². The van der Waals surface area contributed by atoms with Crippen LogP contribution in [0.5, 0.6) is 11.5 Å². The first-order valence-corrected chi connectivity index (χ1v) is 14.6. The van der Waals surface area contributed by atoms with Crippen LogP contribution in [0.25, 0.3) is 23.0 Å². The highest BCUT2D eigenvalue weighted by atomic mass is 16.5. The minimum absolute atomic E-state index is 0.0473. The molecule has 44 heavy (non-hydrogen) atoms. The maximum Gasteiger partial charge on any atom is 0.271 e. The summed E-state index contributed by atoms with van der Waals surface area (Å²) in [7, 11) is 1.60. The molecule has 2 amide bonds. The van der Waals surface area contributed by atoms with Crippen LogP contribution in [0, 0.1) is 11.3 Å². The summed E-state index contributed by atoms with van der Waals surface area (Å²) >= 11 is 0. The number of imide groups is 1. The molecule has 3 aromatic carbocycles. The van der Waals surface area contributed by atoms with Gasteiger partial charge in [0, 0.05) is 29.4 Å². The Kier molecular flexibility index (Phi) is 9.36. The van der Waals surface area contributed by atoms with Gasteiger partial charge in [0.05, 0.1) is 19.4 Å². The zero-order valence-electron chi connectivity index (χ0n) is 25.1. The van der Waals surface area contributed by atoms with Gasteiger partial charge < -0.3 is 9.47 Å². The van der Waals surface area contributed by atoms with Crippen LogP contribution in [-0.2, 0) is 16.0 Å². The summed E-state index contributed by atoms with van der Waals surface area (Å²) in [5.41, 5.74) is 4.50. The normalized spacial score (nSPS) is 14.2. The van der Waals surface area contributed by atoms with Crippen molar-refractivity contribution in [2.75, 3.05) is 20.3 Å². The number of benzene rings is 3. The molecule has 0 spiro atoms. The van der Waals surface area contributed by atoms with Crippen molar-refractivity contribution in [2.24, 2.45) is 0 Å². The van der Waals surface area contributed by atoms with E-state index in [9.17, 15) is 14.9 Å². The number of hydrogen-bond donors (Lipinski definition) is 0. The fourth-order valence-corrected chi connectivity index (χ4v) is 5.02. The topological polar surface area (TPSA) is 97.4 Å². The third-order valence-electron chi connectivity index (χ3n) is 7.55. The number of amides is 2. The van der Waals surface area contributed by atoms with Crippen molar-refractivity contribution in [1.82, 2.24) is 14.7 Å². The molecule has 0 fully saturated rings. The Hall–Kier alpha value is -5.42. The Bertz CT molecular complexity index is 1760. The van der Waals surface area contributed by atoms with Gasteiger partial charge in [-0.15, -0.1) is 0 Å². The zero-order valence-corrected chi connectivity index (χ0v) is 25.1. The third-order valence-corrected chi connectivity index (χ3v) is 7.55. The van der Waals surface area contributed by atoms with Gasteiger partial charge in [-0.3, -0.25) is 14.5 Å². The molecule has 1 aliphatic heterocycles. The number of carbonyl (C=O) groups is 2. The summed E-state index contributed by atoms with van der Waals surface area (Å²) in [5, 5.41) is 14.8. The van der Waals surface area contributed by atoms with Gasteiger partial charge in [-0.1, -0.05) is 55.8 Å². The van der Waals surface area contributed by atoms with Crippen LogP contribution >= 0.6 is 0 Å². The Morgan fingerprint density at radius 1 is 0.955 bits per heavy atom. The van der Waals surface area contributed by atoms with E-state index < -0.39 is 11.8 Å². The van der Waals surface area contributed by atoms with E-state index in [2.05, 4.69) is 6.92 Å². The van der Waals surface area contributed by atoms with Crippen molar-refractivity contribution in [1.29, 1.82) is 5.26 Å². The Morgan fingerprint density at radius 2 is 1.73 bits per heavy atom. The fraction of sp³-hybridized carbons (Fsp3) is 0.222. The van der Waals surface area contributed by atoms with Crippen molar-refractivity contribution in [2.45, 2.75) is 33.1 Å². The van der Waals surface area contributed by atoms with E-state index in [1.54, 1.807) is 24.8 Å². The number of nitrogens with zero attached hydrogens (tertiary/aromatic N) is 4. The number of hydrogen-bond acceptors (Lipinski definition) is 6. The van der Waals surface area contributed by atoms with Gasteiger partial charge in [-0.25, -0.2) is 4.68 Å². The summed E-state index contributed by atoms with van der Waals surface area (Å²) in [6.07, 6.45) is 6.01. The van der Waals surface area contributed by atoms with Gasteiger partial charge in [0.15, 0.2) is 0 Å². The Labute approximate surface area is 257 Å². The van der Waals surface area contributed by atoms with Crippen LogP contribution in [0.1, 0.15) is 37.8 Å². The zero-order chi connectivity index (χ0) is 31.1. The predicted molar refractivity (Wildman–Crippen MR) is 169 cm³/mol. The summed E-state index contributed by atoms with van der Waals surface area (Å²) in [5.74, 6) is 0.419. The first-order valence-electron chi connectivity index (χ1n) is 14.6. The quantitative estimate of drug-likeness (QED) is 0.112. The number of nitriles is 1. The molecule has 0 bridgehead atoms. The molecular weight excluding hydrogens is 552 g/mol. The van der Waals surface area contributed by atoms with Gasteiger partial charge in [-0.05, 0) is 73.4 Å². The summed E-state index contributed by atoms with van der Waals surface area (Å²) in [6, 6.07) is 26.9. The third kappa shape index (κ3) is 6.47. The molecule has 5 rings (SSSR count). The second kappa shape index (κ2) is 13.7.